The number of halogens is 3. The van der Waals surface area contributed by atoms with E-state index >= 15 is 0 Å². The second-order valence-electron chi connectivity index (χ2n) is 8.04. The Labute approximate surface area is 228 Å². The third-order valence-corrected chi connectivity index (χ3v) is 7.66. The first-order chi connectivity index (χ1) is 17.5. The van der Waals surface area contributed by atoms with Gasteiger partial charge in [-0.1, -0.05) is 64.9 Å². The highest BCUT2D eigenvalue weighted by molar-refractivity contribution is 9.10. The maximum absolute atomic E-state index is 11.2. The van der Waals surface area contributed by atoms with E-state index in [1.807, 2.05) is 54.6 Å². The van der Waals surface area contributed by atoms with Crippen LogP contribution in [0.5, 0.6) is 5.75 Å². The van der Waals surface area contributed by atoms with Crippen LogP contribution in [0, 0.1) is 0 Å². The number of nitrogens with zero attached hydrogens (tertiary/aromatic N) is 4. The van der Waals surface area contributed by atoms with Crippen LogP contribution in [0.15, 0.2) is 83.6 Å². The third-order valence-electron chi connectivity index (χ3n) is 5.80. The fraction of sp³-hybridized carbons (Fsp3) is 0.0385. The molecular weight excluding hydrogens is 581 g/mol. The monoisotopic (exact) mass is 595 g/mol. The Morgan fingerprint density at radius 3 is 2.72 bits per heavy atom. The molecule has 3 heterocycles. The number of nitrogens with one attached hydrogen (secondary N) is 1. The van der Waals surface area contributed by atoms with E-state index in [1.54, 1.807) is 29.1 Å². The van der Waals surface area contributed by atoms with Crippen LogP contribution in [0.1, 0.15) is 17.3 Å². The molecule has 36 heavy (non-hydrogen) atoms. The van der Waals surface area contributed by atoms with Crippen LogP contribution in [0.25, 0.3) is 26.8 Å². The molecule has 10 heteroatoms. The van der Waals surface area contributed by atoms with Crippen LogP contribution in [-0.4, -0.2) is 24.9 Å². The lowest BCUT2D eigenvalue weighted by molar-refractivity contribution is 0.467. The highest BCUT2D eigenvalue weighted by Gasteiger charge is 2.27. The number of pyridine rings is 1. The molecule has 2 N–H and O–H groups in total. The molecule has 6 aromatic rings. The molecule has 0 aliphatic carbocycles. The van der Waals surface area contributed by atoms with Gasteiger partial charge < -0.3 is 10.4 Å². The van der Waals surface area contributed by atoms with Crippen molar-refractivity contribution in [3.63, 3.8) is 0 Å². The minimum absolute atomic E-state index is 0.145. The number of phenolic OH excluding ortho intramolecular Hbond substituents is 1. The quantitative estimate of drug-likeness (QED) is 0.211. The molecule has 6 rings (SSSR count). The smallest absolute Gasteiger partial charge is 0.184 e. The Morgan fingerprint density at radius 2 is 1.86 bits per heavy atom. The number of aromatic hydroxyl groups is 1. The molecule has 0 spiro atoms. The van der Waals surface area contributed by atoms with Crippen molar-refractivity contribution < 1.29 is 5.11 Å². The molecule has 3 aromatic carbocycles. The van der Waals surface area contributed by atoms with Crippen molar-refractivity contribution in [1.29, 1.82) is 0 Å². The molecule has 0 saturated heterocycles. The Balaban J connectivity index is 1.59. The Hall–Kier alpha value is -3.17. The minimum Gasteiger partial charge on any atom is -0.508 e. The zero-order valence-electron chi connectivity index (χ0n) is 18.4. The van der Waals surface area contributed by atoms with E-state index in [-0.39, 0.29) is 5.75 Å². The Kier molecular flexibility index (Phi) is 6.05. The highest BCUT2D eigenvalue weighted by atomic mass is 79.9. The van der Waals surface area contributed by atoms with E-state index in [0.29, 0.717) is 36.9 Å². The van der Waals surface area contributed by atoms with Gasteiger partial charge in [-0.05, 0) is 69.2 Å². The SMILES string of the molecule is Oc1ccc2ccccc2c1C(Nc1nc2ccc(Cl)cc2s1)c1cc(Br)nn1-c1ncccc1Cl. The molecule has 0 radical (unpaired) electrons. The van der Waals surface area contributed by atoms with Crippen molar-refractivity contribution in [3.8, 4) is 11.6 Å². The average Bonchev–Trinajstić information content (AvgIpc) is 3.45. The molecule has 0 amide bonds. The predicted octanol–water partition coefficient (Wildman–Crippen LogP) is 8.01. The van der Waals surface area contributed by atoms with Crippen molar-refractivity contribution in [2.75, 3.05) is 5.32 Å². The lowest BCUT2D eigenvalue weighted by Crippen LogP contribution is -2.18. The predicted molar refractivity (Wildman–Crippen MR) is 150 cm³/mol. The van der Waals surface area contributed by atoms with Crippen molar-refractivity contribution >= 4 is 76.6 Å². The Morgan fingerprint density at radius 1 is 1.00 bits per heavy atom. The van der Waals surface area contributed by atoms with Crippen molar-refractivity contribution in [3.05, 3.63) is 105 Å². The summed E-state index contributed by atoms with van der Waals surface area (Å²) in [6.07, 6.45) is 1.66. The van der Waals surface area contributed by atoms with Gasteiger partial charge >= 0.3 is 0 Å². The van der Waals surface area contributed by atoms with E-state index in [0.717, 1.165) is 21.0 Å². The lowest BCUT2D eigenvalue weighted by atomic mass is 9.95. The van der Waals surface area contributed by atoms with E-state index in [2.05, 4.69) is 31.3 Å². The topological polar surface area (TPSA) is 75.9 Å². The first-order valence-corrected chi connectivity index (χ1v) is 13.2. The summed E-state index contributed by atoms with van der Waals surface area (Å²) in [7, 11) is 0. The zero-order chi connectivity index (χ0) is 24.8. The van der Waals surface area contributed by atoms with Gasteiger partial charge in [0.25, 0.3) is 0 Å². The van der Waals surface area contributed by atoms with Crippen LogP contribution in [-0.2, 0) is 0 Å². The molecular formula is C26H16BrCl2N5OS. The van der Waals surface area contributed by atoms with Gasteiger partial charge in [0, 0.05) is 16.8 Å². The molecule has 178 valence electrons. The summed E-state index contributed by atoms with van der Waals surface area (Å²) in [5.74, 6) is 0.619. The number of benzene rings is 3. The largest absolute Gasteiger partial charge is 0.508 e. The Bertz CT molecular complexity index is 1750. The molecule has 0 fully saturated rings. The van der Waals surface area contributed by atoms with E-state index in [4.69, 9.17) is 28.2 Å². The number of rotatable bonds is 5. The fourth-order valence-electron chi connectivity index (χ4n) is 4.24. The van der Waals surface area contributed by atoms with Gasteiger partial charge in [0.15, 0.2) is 10.9 Å². The van der Waals surface area contributed by atoms with Gasteiger partial charge in [-0.2, -0.15) is 5.10 Å². The molecule has 1 unspecified atom stereocenters. The van der Waals surface area contributed by atoms with Crippen LogP contribution in [0.4, 0.5) is 5.13 Å². The summed E-state index contributed by atoms with van der Waals surface area (Å²) in [4.78, 5) is 9.23. The molecule has 1 atom stereocenters. The summed E-state index contributed by atoms with van der Waals surface area (Å²) in [6.45, 7) is 0. The number of phenols is 1. The van der Waals surface area contributed by atoms with Crippen molar-refractivity contribution in [2.24, 2.45) is 0 Å². The normalized spacial score (nSPS) is 12.3. The van der Waals surface area contributed by atoms with Gasteiger partial charge in [0.2, 0.25) is 0 Å². The maximum atomic E-state index is 11.2. The minimum atomic E-state index is -0.552. The third kappa shape index (κ3) is 4.20. The number of fused-ring (bicyclic) bond motifs is 2. The molecule has 0 saturated carbocycles. The van der Waals surface area contributed by atoms with Crippen molar-refractivity contribution in [2.45, 2.75) is 6.04 Å². The second-order valence-corrected chi connectivity index (χ2v) is 10.7. The number of hydrogen-bond donors (Lipinski definition) is 2. The van der Waals surface area contributed by atoms with E-state index < -0.39 is 6.04 Å². The summed E-state index contributed by atoms with van der Waals surface area (Å²) in [6, 6.07) is 22.0. The summed E-state index contributed by atoms with van der Waals surface area (Å²) >= 11 is 17.7. The van der Waals surface area contributed by atoms with Gasteiger partial charge in [-0.3, -0.25) is 0 Å². The standard InChI is InChI=1S/C26H16BrCl2N5OS/c27-22-13-19(34(33-22)25-17(29)6-3-11-30-25)24(23-16-5-2-1-4-14(16)7-10-20(23)35)32-26-31-18-9-8-15(28)12-21(18)36-26/h1-13,24,35H,(H,31,32). The van der Waals surface area contributed by atoms with Crippen LogP contribution >= 0.6 is 50.5 Å². The molecule has 6 nitrogen and oxygen atoms in total. The summed E-state index contributed by atoms with van der Waals surface area (Å²) < 4.78 is 3.23. The number of anilines is 1. The lowest BCUT2D eigenvalue weighted by Gasteiger charge is -2.23. The zero-order valence-corrected chi connectivity index (χ0v) is 22.3. The second kappa shape index (κ2) is 9.37. The van der Waals surface area contributed by atoms with Crippen LogP contribution in [0.3, 0.4) is 0 Å². The van der Waals surface area contributed by atoms with Gasteiger partial charge in [-0.15, -0.1) is 0 Å². The first kappa shape index (κ1) is 23.2. The van der Waals surface area contributed by atoms with Crippen LogP contribution < -0.4 is 5.32 Å². The van der Waals surface area contributed by atoms with Crippen LogP contribution in [0.2, 0.25) is 10.0 Å². The molecule has 3 aromatic heterocycles. The average molecular weight is 597 g/mol. The van der Waals surface area contributed by atoms with Crippen molar-refractivity contribution in [1.82, 2.24) is 19.7 Å². The van der Waals surface area contributed by atoms with E-state index in [1.165, 1.54) is 11.3 Å². The van der Waals surface area contributed by atoms with Gasteiger partial charge in [0.05, 0.1) is 20.9 Å². The molecule has 0 aliphatic heterocycles. The maximum Gasteiger partial charge on any atom is 0.184 e. The fourth-order valence-corrected chi connectivity index (χ4v) is 6.00. The molecule has 0 bridgehead atoms. The summed E-state index contributed by atoms with van der Waals surface area (Å²) in [5.41, 5.74) is 2.23. The van der Waals surface area contributed by atoms with Gasteiger partial charge in [-0.25, -0.2) is 14.6 Å². The summed E-state index contributed by atoms with van der Waals surface area (Å²) in [5, 5.41) is 23.0. The molecule has 0 aliphatic rings. The highest BCUT2D eigenvalue weighted by Crippen LogP contribution is 2.41. The number of aromatic nitrogens is 4. The van der Waals surface area contributed by atoms with E-state index in [9.17, 15) is 5.11 Å². The number of hydrogen-bond acceptors (Lipinski definition) is 6. The number of thiazole rings is 1. The van der Waals surface area contributed by atoms with Gasteiger partial charge in [0.1, 0.15) is 16.4 Å². The first-order valence-electron chi connectivity index (χ1n) is 10.9.